The number of nitrogens with zero attached hydrogens (tertiary/aromatic N) is 2. The third kappa shape index (κ3) is 13.2. The average molecular weight is 696 g/mol. The van der Waals surface area contributed by atoms with E-state index in [0.717, 1.165) is 0 Å². The Hall–Kier alpha value is -4.44. The second-order valence-electron chi connectivity index (χ2n) is 14.1. The van der Waals surface area contributed by atoms with Crippen molar-refractivity contribution in [2.75, 3.05) is 32.7 Å². The Kier molecular flexibility index (Phi) is 15.3. The van der Waals surface area contributed by atoms with Gasteiger partial charge in [0.1, 0.15) is 36.3 Å². The highest BCUT2D eigenvalue weighted by atomic mass is 16.6. The Labute approximate surface area is 287 Å². The number of amides is 7. The molecule has 2 rings (SSSR count). The zero-order valence-electron chi connectivity index (χ0n) is 29.6. The van der Waals surface area contributed by atoms with Crippen LogP contribution in [0.15, 0.2) is 0 Å². The number of hydrogen-bond acceptors (Lipinski definition) is 9. The number of carboxylic acids is 1. The van der Waals surface area contributed by atoms with Crippen LogP contribution in [0.3, 0.4) is 0 Å². The maximum atomic E-state index is 13.0. The molecule has 17 heteroatoms. The van der Waals surface area contributed by atoms with E-state index < -0.39 is 90.4 Å². The van der Waals surface area contributed by atoms with E-state index in [2.05, 4.69) is 26.6 Å². The van der Waals surface area contributed by atoms with Crippen LogP contribution in [-0.2, 0) is 38.3 Å². The summed E-state index contributed by atoms with van der Waals surface area (Å²) >= 11 is 0. The molecule has 2 heterocycles. The van der Waals surface area contributed by atoms with Crippen molar-refractivity contribution in [3.8, 4) is 0 Å². The fraction of sp³-hybridized carbons (Fsp3) is 0.750. The number of carbonyl (C=O) groups excluding carboxylic acids is 7. The first kappa shape index (κ1) is 40.7. The highest BCUT2D eigenvalue weighted by Crippen LogP contribution is 2.19. The highest BCUT2D eigenvalue weighted by molar-refractivity contribution is 5.95. The minimum absolute atomic E-state index is 0.0107. The molecule has 2 fully saturated rings. The molecular weight excluding hydrogens is 642 g/mol. The molecule has 276 valence electrons. The monoisotopic (exact) mass is 695 g/mol. The van der Waals surface area contributed by atoms with Crippen LogP contribution in [0.2, 0.25) is 0 Å². The van der Waals surface area contributed by atoms with E-state index in [1.165, 1.54) is 9.80 Å². The summed E-state index contributed by atoms with van der Waals surface area (Å²) in [5.74, 6) is -4.96. The SMILES string of the molecule is CC(C)C[C@H](NC(=O)[C@@H](NC(=O)CNC(=O)[C@@H]1CCCN1C(=O)CNC(=O)[C@@H]1CCCN1C(=O)CNC(=O)OC(C)(C)C)C(C)C)C(=O)O. The van der Waals surface area contributed by atoms with E-state index in [9.17, 15) is 43.5 Å². The number of carbonyl (C=O) groups is 8. The minimum atomic E-state index is -1.18. The number of nitrogens with one attached hydrogen (secondary N) is 5. The van der Waals surface area contributed by atoms with Crippen molar-refractivity contribution in [2.45, 2.75) is 110 Å². The molecule has 2 aliphatic rings. The summed E-state index contributed by atoms with van der Waals surface area (Å²) in [5.41, 5.74) is -0.737. The van der Waals surface area contributed by atoms with Gasteiger partial charge < -0.3 is 46.2 Å². The number of ether oxygens (including phenoxy) is 1. The standard InChI is InChI=1S/C32H53N7O10/c1-18(2)14-20(30(46)47)36-29(45)26(19(3)4)37-23(40)15-33-27(43)21-10-8-12-38(21)24(41)16-34-28(44)22-11-9-13-39(22)25(42)17-35-31(48)49-32(5,6)7/h18-22,26H,8-17H2,1-7H3,(H,33,43)(H,34,44)(H,35,48)(H,36,45)(H,37,40)(H,46,47)/t20-,21-,22-,26-/m0/s1. The molecule has 0 unspecified atom stereocenters. The van der Waals surface area contributed by atoms with Gasteiger partial charge in [-0.05, 0) is 64.7 Å². The van der Waals surface area contributed by atoms with E-state index in [-0.39, 0.29) is 31.3 Å². The summed E-state index contributed by atoms with van der Waals surface area (Å²) in [5, 5.41) is 21.9. The van der Waals surface area contributed by atoms with Crippen LogP contribution in [0, 0.1) is 11.8 Å². The first-order valence-electron chi connectivity index (χ1n) is 16.7. The molecule has 0 saturated carbocycles. The zero-order chi connectivity index (χ0) is 37.1. The molecular formula is C32H53N7O10. The van der Waals surface area contributed by atoms with Crippen LogP contribution in [0.25, 0.3) is 0 Å². The molecule has 0 aliphatic carbocycles. The predicted molar refractivity (Wildman–Crippen MR) is 176 cm³/mol. The van der Waals surface area contributed by atoms with Crippen molar-refractivity contribution in [1.82, 2.24) is 36.4 Å². The van der Waals surface area contributed by atoms with Crippen LogP contribution in [0.1, 0.15) is 80.6 Å². The second kappa shape index (κ2) is 18.4. The van der Waals surface area contributed by atoms with Gasteiger partial charge in [0.05, 0.1) is 13.1 Å². The van der Waals surface area contributed by atoms with E-state index in [0.29, 0.717) is 32.2 Å². The molecule has 6 N–H and O–H groups in total. The van der Waals surface area contributed by atoms with Crippen molar-refractivity contribution in [3.63, 3.8) is 0 Å². The minimum Gasteiger partial charge on any atom is -0.480 e. The molecule has 0 spiro atoms. The Morgan fingerprint density at radius 3 is 1.69 bits per heavy atom. The van der Waals surface area contributed by atoms with Crippen LogP contribution in [0.4, 0.5) is 4.79 Å². The number of aliphatic carboxylic acids is 1. The van der Waals surface area contributed by atoms with Crippen molar-refractivity contribution < 1.29 is 48.2 Å². The maximum absolute atomic E-state index is 13.0. The molecule has 4 atom stereocenters. The lowest BCUT2D eigenvalue weighted by Gasteiger charge is -2.27. The topological polar surface area (TPSA) is 233 Å². The van der Waals surface area contributed by atoms with Gasteiger partial charge in [-0.2, -0.15) is 0 Å². The lowest BCUT2D eigenvalue weighted by molar-refractivity contribution is -0.143. The smallest absolute Gasteiger partial charge is 0.408 e. The molecule has 0 aromatic heterocycles. The number of likely N-dealkylation sites (tertiary alicyclic amines) is 2. The van der Waals surface area contributed by atoms with Crippen molar-refractivity contribution in [1.29, 1.82) is 0 Å². The van der Waals surface area contributed by atoms with Crippen molar-refractivity contribution in [2.24, 2.45) is 11.8 Å². The third-order valence-electron chi connectivity index (χ3n) is 7.96. The molecule has 7 amide bonds. The summed E-state index contributed by atoms with van der Waals surface area (Å²) in [6.07, 6.45) is 1.26. The van der Waals surface area contributed by atoms with Crippen LogP contribution < -0.4 is 26.6 Å². The van der Waals surface area contributed by atoms with Gasteiger partial charge in [-0.3, -0.25) is 28.8 Å². The van der Waals surface area contributed by atoms with E-state index in [1.807, 2.05) is 13.8 Å². The van der Waals surface area contributed by atoms with Crippen LogP contribution in [-0.4, -0.2) is 125 Å². The average Bonchev–Trinajstić information content (AvgIpc) is 3.69. The molecule has 17 nitrogen and oxygen atoms in total. The molecule has 0 aromatic rings. The number of carboxylic acid groups (broad SMARTS) is 1. The molecule has 0 aromatic carbocycles. The first-order valence-corrected chi connectivity index (χ1v) is 16.7. The van der Waals surface area contributed by atoms with Gasteiger partial charge in [0.15, 0.2) is 0 Å². The van der Waals surface area contributed by atoms with Gasteiger partial charge in [-0.25, -0.2) is 9.59 Å². The van der Waals surface area contributed by atoms with Gasteiger partial charge in [0, 0.05) is 13.1 Å². The summed E-state index contributed by atoms with van der Waals surface area (Å²) in [7, 11) is 0. The van der Waals surface area contributed by atoms with Crippen molar-refractivity contribution >= 4 is 47.5 Å². The van der Waals surface area contributed by atoms with Gasteiger partial charge in [-0.1, -0.05) is 27.7 Å². The summed E-state index contributed by atoms with van der Waals surface area (Å²) in [6, 6.07) is -3.86. The Balaban J connectivity index is 1.87. The van der Waals surface area contributed by atoms with Gasteiger partial charge in [0.2, 0.25) is 35.4 Å². The third-order valence-corrected chi connectivity index (χ3v) is 7.96. The number of hydrogen-bond donors (Lipinski definition) is 6. The predicted octanol–water partition coefficient (Wildman–Crippen LogP) is -0.518. The summed E-state index contributed by atoms with van der Waals surface area (Å²) in [4.78, 5) is 103. The largest absolute Gasteiger partial charge is 0.480 e. The Morgan fingerprint density at radius 2 is 1.24 bits per heavy atom. The molecule has 2 saturated heterocycles. The fourth-order valence-electron chi connectivity index (χ4n) is 5.62. The van der Waals surface area contributed by atoms with E-state index in [1.54, 1.807) is 34.6 Å². The summed E-state index contributed by atoms with van der Waals surface area (Å²) < 4.78 is 5.13. The zero-order valence-corrected chi connectivity index (χ0v) is 29.6. The van der Waals surface area contributed by atoms with Crippen LogP contribution in [0.5, 0.6) is 0 Å². The molecule has 2 aliphatic heterocycles. The fourth-order valence-corrected chi connectivity index (χ4v) is 5.62. The second-order valence-corrected chi connectivity index (χ2v) is 14.1. The normalized spacial score (nSPS) is 18.8. The molecule has 0 bridgehead atoms. The number of rotatable bonds is 15. The first-order chi connectivity index (χ1) is 22.8. The Morgan fingerprint density at radius 1 is 0.755 bits per heavy atom. The maximum Gasteiger partial charge on any atom is 0.408 e. The lowest BCUT2D eigenvalue weighted by Crippen LogP contribution is -2.56. The van der Waals surface area contributed by atoms with Gasteiger partial charge in [0.25, 0.3) is 0 Å². The lowest BCUT2D eigenvalue weighted by atomic mass is 10.0. The molecule has 49 heavy (non-hydrogen) atoms. The van der Waals surface area contributed by atoms with Gasteiger partial charge >= 0.3 is 12.1 Å². The van der Waals surface area contributed by atoms with Gasteiger partial charge in [-0.15, -0.1) is 0 Å². The van der Waals surface area contributed by atoms with Crippen LogP contribution >= 0.6 is 0 Å². The molecule has 0 radical (unpaired) electrons. The summed E-state index contributed by atoms with van der Waals surface area (Å²) in [6.45, 7) is 11.4. The number of alkyl carbamates (subject to hydrolysis) is 1. The Bertz CT molecular complexity index is 1250. The highest BCUT2D eigenvalue weighted by Gasteiger charge is 2.37. The van der Waals surface area contributed by atoms with E-state index in [4.69, 9.17) is 4.74 Å². The quantitative estimate of drug-likeness (QED) is 0.128. The van der Waals surface area contributed by atoms with Crippen molar-refractivity contribution in [3.05, 3.63) is 0 Å². The van der Waals surface area contributed by atoms with E-state index >= 15 is 0 Å².